The van der Waals surface area contributed by atoms with Crippen LogP contribution in [0.1, 0.15) is 27.2 Å². The zero-order valence-electron chi connectivity index (χ0n) is 13.3. The van der Waals surface area contributed by atoms with Crippen molar-refractivity contribution in [2.45, 2.75) is 27.2 Å². The molecule has 1 fully saturated rings. The second kappa shape index (κ2) is 6.33. The molecule has 1 aliphatic rings. The third-order valence-electron chi connectivity index (χ3n) is 3.72. The summed E-state index contributed by atoms with van der Waals surface area (Å²) in [5.74, 6) is -6.46. The molecule has 1 aromatic heterocycles. The van der Waals surface area contributed by atoms with Gasteiger partial charge in [-0.1, -0.05) is 20.8 Å². The van der Waals surface area contributed by atoms with Gasteiger partial charge in [-0.2, -0.15) is 22.5 Å². The summed E-state index contributed by atoms with van der Waals surface area (Å²) in [4.78, 5) is 17.7. The van der Waals surface area contributed by atoms with Crippen molar-refractivity contribution in [2.24, 2.45) is 5.41 Å². The van der Waals surface area contributed by atoms with Crippen molar-refractivity contribution in [1.82, 2.24) is 9.88 Å². The number of rotatable bonds is 1. The maximum Gasteiger partial charge on any atom is 0.253 e. The molecule has 0 radical (unpaired) electrons. The molecule has 1 saturated heterocycles. The highest BCUT2D eigenvalue weighted by Gasteiger charge is 2.31. The third kappa shape index (κ3) is 3.56. The molecular weight excluding hydrogens is 314 g/mol. The van der Waals surface area contributed by atoms with E-state index in [-0.39, 0.29) is 25.5 Å². The zero-order valence-corrected chi connectivity index (χ0v) is 13.3. The second-order valence-corrected chi connectivity index (χ2v) is 6.55. The molecule has 0 unspecified atom stereocenters. The Balaban J connectivity index is 2.24. The molecule has 0 aliphatic carbocycles. The van der Waals surface area contributed by atoms with Crippen LogP contribution in [0.5, 0.6) is 0 Å². The molecule has 0 spiro atoms. The van der Waals surface area contributed by atoms with Crippen molar-refractivity contribution >= 4 is 11.6 Å². The summed E-state index contributed by atoms with van der Waals surface area (Å²) in [5, 5.41) is 0. The third-order valence-corrected chi connectivity index (χ3v) is 3.72. The number of hydrogen-bond acceptors (Lipinski definition) is 3. The van der Waals surface area contributed by atoms with E-state index >= 15 is 0 Å². The molecule has 4 nitrogen and oxygen atoms in total. The number of halogens is 4. The normalized spacial score (nSPS) is 16.5. The van der Waals surface area contributed by atoms with Gasteiger partial charge in [-0.25, -0.2) is 0 Å². The summed E-state index contributed by atoms with van der Waals surface area (Å²) in [5.41, 5.74) is -1.33. The molecule has 0 aromatic carbocycles. The van der Waals surface area contributed by atoms with E-state index in [2.05, 4.69) is 4.98 Å². The first-order chi connectivity index (χ1) is 10.6. The number of carbonyl (C=O) groups is 1. The predicted octanol–water partition coefficient (Wildman–Crippen LogP) is 2.72. The maximum absolute atomic E-state index is 13.8. The fourth-order valence-electron chi connectivity index (χ4n) is 2.57. The van der Waals surface area contributed by atoms with E-state index in [1.54, 1.807) is 25.7 Å². The molecule has 0 saturated carbocycles. The van der Waals surface area contributed by atoms with Gasteiger partial charge >= 0.3 is 0 Å². The van der Waals surface area contributed by atoms with E-state index in [0.29, 0.717) is 13.0 Å². The van der Waals surface area contributed by atoms with Crippen LogP contribution in [0.3, 0.4) is 0 Å². The van der Waals surface area contributed by atoms with Crippen molar-refractivity contribution in [3.05, 3.63) is 23.5 Å². The smallest absolute Gasteiger partial charge is 0.253 e. The Morgan fingerprint density at radius 2 is 1.52 bits per heavy atom. The number of hydrogen-bond donors (Lipinski definition) is 0. The standard InChI is InChI=1S/C15H19F4N3O/c1-15(2,3)14(23)22-6-4-5-21(7-8-22)11-9(16)12(18)20-13(19)10(11)17/h4-8H2,1-3H3. The summed E-state index contributed by atoms with van der Waals surface area (Å²) < 4.78 is 54.2. The largest absolute Gasteiger partial charge is 0.365 e. The van der Waals surface area contributed by atoms with E-state index in [1.807, 2.05) is 0 Å². The summed E-state index contributed by atoms with van der Waals surface area (Å²) in [6.07, 6.45) is 0.437. The molecule has 8 heteroatoms. The van der Waals surface area contributed by atoms with Crippen molar-refractivity contribution in [2.75, 3.05) is 31.1 Å². The van der Waals surface area contributed by atoms with E-state index in [0.717, 1.165) is 0 Å². The number of pyridine rings is 1. The van der Waals surface area contributed by atoms with Gasteiger partial charge in [0, 0.05) is 31.6 Å². The van der Waals surface area contributed by atoms with Gasteiger partial charge in [0.25, 0.3) is 11.9 Å². The molecule has 0 bridgehead atoms. The first-order valence-electron chi connectivity index (χ1n) is 7.37. The fraction of sp³-hybridized carbons (Fsp3) is 0.600. The molecule has 2 rings (SSSR count). The average Bonchev–Trinajstić information content (AvgIpc) is 2.70. The van der Waals surface area contributed by atoms with Crippen LogP contribution in [0, 0.1) is 28.9 Å². The number of nitrogens with zero attached hydrogens (tertiary/aromatic N) is 3. The number of anilines is 1. The quantitative estimate of drug-likeness (QED) is 0.586. The minimum atomic E-state index is -1.68. The second-order valence-electron chi connectivity index (χ2n) is 6.55. The highest BCUT2D eigenvalue weighted by molar-refractivity contribution is 5.81. The van der Waals surface area contributed by atoms with Crippen LogP contribution < -0.4 is 4.90 Å². The van der Waals surface area contributed by atoms with Crippen LogP contribution >= 0.6 is 0 Å². The van der Waals surface area contributed by atoms with Crippen molar-refractivity contribution in [3.63, 3.8) is 0 Å². The first-order valence-corrected chi connectivity index (χ1v) is 7.37. The zero-order chi connectivity index (χ0) is 17.4. The van der Waals surface area contributed by atoms with Gasteiger partial charge < -0.3 is 9.80 Å². The minimum absolute atomic E-state index is 0.0765. The monoisotopic (exact) mass is 333 g/mol. The van der Waals surface area contributed by atoms with Crippen LogP contribution in [-0.4, -0.2) is 42.0 Å². The number of aromatic nitrogens is 1. The molecule has 23 heavy (non-hydrogen) atoms. The highest BCUT2D eigenvalue weighted by atomic mass is 19.2. The maximum atomic E-state index is 13.8. The van der Waals surface area contributed by atoms with Gasteiger partial charge in [0.15, 0.2) is 0 Å². The molecule has 1 aliphatic heterocycles. The average molecular weight is 333 g/mol. The number of amides is 1. The molecule has 0 N–H and O–H groups in total. The fourth-order valence-corrected chi connectivity index (χ4v) is 2.57. The molecule has 128 valence electrons. The van der Waals surface area contributed by atoms with Crippen molar-refractivity contribution in [1.29, 1.82) is 0 Å². The molecule has 0 atom stereocenters. The lowest BCUT2D eigenvalue weighted by Gasteiger charge is -2.28. The molecule has 1 amide bonds. The Morgan fingerprint density at radius 3 is 2.04 bits per heavy atom. The van der Waals surface area contributed by atoms with Crippen molar-refractivity contribution in [3.8, 4) is 0 Å². The van der Waals surface area contributed by atoms with Crippen LogP contribution in [0.2, 0.25) is 0 Å². The molecule has 1 aromatic rings. The Morgan fingerprint density at radius 1 is 0.957 bits per heavy atom. The number of carbonyl (C=O) groups excluding carboxylic acids is 1. The Bertz CT molecular complexity index is 589. The highest BCUT2D eigenvalue weighted by Crippen LogP contribution is 2.27. The summed E-state index contributed by atoms with van der Waals surface area (Å²) in [6, 6.07) is 0. The van der Waals surface area contributed by atoms with Gasteiger partial charge in [0.05, 0.1) is 0 Å². The summed E-state index contributed by atoms with van der Waals surface area (Å²) in [6.45, 7) is 6.26. The minimum Gasteiger partial charge on any atom is -0.365 e. The van der Waals surface area contributed by atoms with Gasteiger partial charge in [0.2, 0.25) is 17.5 Å². The predicted molar refractivity (Wildman–Crippen MR) is 76.9 cm³/mol. The summed E-state index contributed by atoms with van der Waals surface area (Å²) in [7, 11) is 0. The van der Waals surface area contributed by atoms with E-state index < -0.39 is 34.6 Å². The van der Waals surface area contributed by atoms with Gasteiger partial charge in [-0.3, -0.25) is 4.79 Å². The van der Waals surface area contributed by atoms with E-state index in [4.69, 9.17) is 0 Å². The van der Waals surface area contributed by atoms with Crippen LogP contribution in [0.4, 0.5) is 23.2 Å². The lowest BCUT2D eigenvalue weighted by molar-refractivity contribution is -0.139. The van der Waals surface area contributed by atoms with Gasteiger partial charge in [0.1, 0.15) is 5.69 Å². The van der Waals surface area contributed by atoms with E-state index in [1.165, 1.54) is 4.90 Å². The SMILES string of the molecule is CC(C)(C)C(=O)N1CCCN(c2c(F)c(F)nc(F)c2F)CC1. The van der Waals surface area contributed by atoms with Crippen LogP contribution in [0.15, 0.2) is 0 Å². The Kier molecular flexibility index (Phi) is 4.81. The Hall–Kier alpha value is -1.86. The van der Waals surface area contributed by atoms with Gasteiger partial charge in [-0.05, 0) is 6.42 Å². The Labute approximate surface area is 132 Å². The van der Waals surface area contributed by atoms with Gasteiger partial charge in [-0.15, -0.1) is 0 Å². The van der Waals surface area contributed by atoms with Crippen molar-refractivity contribution < 1.29 is 22.4 Å². The van der Waals surface area contributed by atoms with Crippen LogP contribution in [-0.2, 0) is 4.79 Å². The lowest BCUT2D eigenvalue weighted by Crippen LogP contribution is -2.41. The topological polar surface area (TPSA) is 36.4 Å². The molecule has 2 heterocycles. The summed E-state index contributed by atoms with van der Waals surface area (Å²) >= 11 is 0. The van der Waals surface area contributed by atoms with E-state index in [9.17, 15) is 22.4 Å². The molecular formula is C15H19F4N3O. The first kappa shape index (κ1) is 17.5. The lowest BCUT2D eigenvalue weighted by atomic mass is 9.94. The van der Waals surface area contributed by atoms with Crippen LogP contribution in [0.25, 0.3) is 0 Å².